The molecule has 0 heterocycles. The molecule has 6 heteroatoms. The summed E-state index contributed by atoms with van der Waals surface area (Å²) >= 11 is 0. The molecule has 0 radical (unpaired) electrons. The van der Waals surface area contributed by atoms with E-state index in [0.29, 0.717) is 0 Å². The number of nitrogens with two attached hydrogens (primary N) is 3. The molecule has 0 aromatic rings. The summed E-state index contributed by atoms with van der Waals surface area (Å²) in [4.78, 5) is 7.21. The van der Waals surface area contributed by atoms with E-state index in [1.165, 1.54) is 7.05 Å². The number of hydrogen-bond donors (Lipinski definition) is 4. The number of aliphatic imine (C=N–C) groups is 2. The van der Waals surface area contributed by atoms with Crippen LogP contribution in [-0.4, -0.2) is 25.6 Å². The second-order valence-corrected chi connectivity index (χ2v) is 1.46. The van der Waals surface area contributed by atoms with Crippen LogP contribution >= 0.6 is 0 Å². The molecule has 0 aliphatic heterocycles. The summed E-state index contributed by atoms with van der Waals surface area (Å²) in [5, 5.41) is 2.51. The molecule has 0 aliphatic rings. The van der Waals surface area contributed by atoms with E-state index >= 15 is 0 Å². The van der Waals surface area contributed by atoms with Crippen LogP contribution in [0.3, 0.4) is 0 Å². The van der Waals surface area contributed by atoms with Gasteiger partial charge in [-0.25, -0.2) is 4.99 Å². The van der Waals surface area contributed by atoms with Gasteiger partial charge in [0.05, 0.1) is 6.67 Å². The summed E-state index contributed by atoms with van der Waals surface area (Å²) in [5.74, 6) is 0.389. The zero-order chi connectivity index (χ0) is 7.98. The molecule has 0 rings (SSSR count). The van der Waals surface area contributed by atoms with Gasteiger partial charge in [0.15, 0.2) is 11.9 Å². The van der Waals surface area contributed by atoms with Gasteiger partial charge in [-0.2, -0.15) is 0 Å². The molecule has 0 aromatic heterocycles. The summed E-state index contributed by atoms with van der Waals surface area (Å²) in [7, 11) is 1.54. The lowest BCUT2D eigenvalue weighted by atomic mass is 10.8. The fraction of sp³-hybridized carbons (Fsp3) is 0.714. The Bertz CT molecular complexity index is 151. The number of nitrogens with one attached hydrogen (secondary N) is 1. The van der Waals surface area contributed by atoms with Crippen LogP contribution in [0.1, 0.15) is 22.3 Å². The quantitative estimate of drug-likeness (QED) is 0.336. The topological polar surface area (TPSA) is 115 Å². The molecule has 0 aromatic carbocycles. The van der Waals surface area contributed by atoms with Gasteiger partial charge in [0.25, 0.3) is 0 Å². The minimum Gasteiger partial charge on any atom is -0.370 e. The highest BCUT2D eigenvalue weighted by atomic mass is 15.2. The number of rotatable bonds is 1. The Morgan fingerprint density at radius 2 is 1.62 bits per heavy atom. The molecule has 0 bridgehead atoms. The van der Waals surface area contributed by atoms with Crippen molar-refractivity contribution < 1.29 is 0 Å². The van der Waals surface area contributed by atoms with Gasteiger partial charge in [0.1, 0.15) is 0 Å². The second kappa shape index (κ2) is 13.3. The van der Waals surface area contributed by atoms with Gasteiger partial charge in [-0.3, -0.25) is 10.3 Å². The first kappa shape index (κ1) is 22.6. The standard InChI is InChI=1S/C4H12N6.3CH4/c1-8-3(6)10-4(7)9-2-5;;;/h2,5H2,1H3,(H5,6,7,8,9,10);3*1H4. The molecule has 0 fully saturated rings. The highest BCUT2D eigenvalue weighted by Crippen LogP contribution is 1.61. The Balaban J connectivity index is -0.000000135. The van der Waals surface area contributed by atoms with Crippen molar-refractivity contribution in [1.82, 2.24) is 5.32 Å². The molecule has 0 aliphatic carbocycles. The Morgan fingerprint density at radius 1 is 1.15 bits per heavy atom. The van der Waals surface area contributed by atoms with E-state index in [-0.39, 0.29) is 40.9 Å². The average molecular weight is 192 g/mol. The van der Waals surface area contributed by atoms with E-state index in [4.69, 9.17) is 17.2 Å². The van der Waals surface area contributed by atoms with Crippen molar-refractivity contribution in [1.29, 1.82) is 0 Å². The Morgan fingerprint density at radius 3 is 1.92 bits per heavy atom. The number of guanidine groups is 2. The minimum atomic E-state index is 0. The molecule has 6 nitrogen and oxygen atoms in total. The van der Waals surface area contributed by atoms with E-state index in [1.807, 2.05) is 0 Å². The van der Waals surface area contributed by atoms with Gasteiger partial charge in [0.2, 0.25) is 0 Å². The predicted molar refractivity (Wildman–Crippen MR) is 61.6 cm³/mol. The zero-order valence-electron chi connectivity index (χ0n) is 5.83. The van der Waals surface area contributed by atoms with Crippen molar-refractivity contribution in [3.05, 3.63) is 0 Å². The van der Waals surface area contributed by atoms with E-state index in [2.05, 4.69) is 15.3 Å². The van der Waals surface area contributed by atoms with Crippen molar-refractivity contribution in [3.8, 4) is 0 Å². The van der Waals surface area contributed by atoms with E-state index in [0.717, 1.165) is 0 Å². The minimum absolute atomic E-state index is 0. The maximum absolute atomic E-state index is 5.26. The highest BCUT2D eigenvalue weighted by Gasteiger charge is 1.89. The summed E-state index contributed by atoms with van der Waals surface area (Å²) in [6.45, 7) is 0.135. The van der Waals surface area contributed by atoms with Crippen LogP contribution in [0.5, 0.6) is 0 Å². The zero-order valence-corrected chi connectivity index (χ0v) is 5.83. The van der Waals surface area contributed by atoms with Gasteiger partial charge >= 0.3 is 0 Å². The van der Waals surface area contributed by atoms with Crippen LogP contribution in [-0.2, 0) is 0 Å². The van der Waals surface area contributed by atoms with Gasteiger partial charge in [-0.15, -0.1) is 0 Å². The maximum atomic E-state index is 5.26. The van der Waals surface area contributed by atoms with Crippen molar-refractivity contribution in [3.63, 3.8) is 0 Å². The normalized spacial score (nSPS) is 10.3. The Hall–Kier alpha value is -1.30. The molecule has 0 spiro atoms. The fourth-order valence-corrected chi connectivity index (χ4v) is 0.325. The van der Waals surface area contributed by atoms with E-state index in [1.54, 1.807) is 0 Å². The first-order chi connectivity index (χ1) is 4.70. The van der Waals surface area contributed by atoms with Gasteiger partial charge in [-0.1, -0.05) is 22.3 Å². The van der Waals surface area contributed by atoms with E-state index < -0.39 is 0 Å². The molecule has 82 valence electrons. The van der Waals surface area contributed by atoms with Crippen molar-refractivity contribution >= 4 is 11.9 Å². The van der Waals surface area contributed by atoms with Crippen LogP contribution < -0.4 is 22.5 Å². The monoisotopic (exact) mass is 192 g/mol. The van der Waals surface area contributed by atoms with Gasteiger partial charge < -0.3 is 17.2 Å². The van der Waals surface area contributed by atoms with Crippen molar-refractivity contribution in [2.45, 2.75) is 22.3 Å². The summed E-state index contributed by atoms with van der Waals surface area (Å²) in [5.41, 5.74) is 15.6. The first-order valence-electron chi connectivity index (χ1n) is 2.70. The van der Waals surface area contributed by atoms with Crippen LogP contribution in [0.4, 0.5) is 0 Å². The molecule has 13 heavy (non-hydrogen) atoms. The summed E-state index contributed by atoms with van der Waals surface area (Å²) in [6, 6.07) is 0. The summed E-state index contributed by atoms with van der Waals surface area (Å²) in [6.07, 6.45) is 0. The van der Waals surface area contributed by atoms with Crippen LogP contribution in [0.2, 0.25) is 0 Å². The second-order valence-electron chi connectivity index (χ2n) is 1.46. The predicted octanol–water partition coefficient (Wildman–Crippen LogP) is -0.340. The largest absolute Gasteiger partial charge is 0.370 e. The number of nitrogens with zero attached hydrogens (tertiary/aromatic N) is 2. The molecule has 0 atom stereocenters. The lowest BCUT2D eigenvalue weighted by Crippen LogP contribution is -2.41. The third-order valence-corrected chi connectivity index (χ3v) is 0.759. The smallest absolute Gasteiger partial charge is 0.196 e. The van der Waals surface area contributed by atoms with Gasteiger partial charge in [0, 0.05) is 7.05 Å². The Kier molecular flexibility index (Phi) is 23.1. The molecule has 0 saturated carbocycles. The lowest BCUT2D eigenvalue weighted by Gasteiger charge is -2.01. The summed E-state index contributed by atoms with van der Waals surface area (Å²) < 4.78 is 0. The van der Waals surface area contributed by atoms with Gasteiger partial charge in [-0.05, 0) is 0 Å². The van der Waals surface area contributed by atoms with Crippen LogP contribution in [0, 0.1) is 0 Å². The first-order valence-corrected chi connectivity index (χ1v) is 2.70. The molecular formula is C7H24N6. The Labute approximate surface area is 81.3 Å². The fourth-order valence-electron chi connectivity index (χ4n) is 0.325. The van der Waals surface area contributed by atoms with Crippen molar-refractivity contribution in [2.75, 3.05) is 13.7 Å². The maximum Gasteiger partial charge on any atom is 0.196 e. The molecule has 0 amide bonds. The SMILES string of the molecule is C.C.C.CN=C(N)NC(N)=NCN. The lowest BCUT2D eigenvalue weighted by molar-refractivity contribution is 1.04. The molecule has 7 N–H and O–H groups in total. The van der Waals surface area contributed by atoms with Crippen LogP contribution in [0.25, 0.3) is 0 Å². The molecule has 0 saturated heterocycles. The third-order valence-electron chi connectivity index (χ3n) is 0.759. The average Bonchev–Trinajstić information content (AvgIpc) is 1.88. The van der Waals surface area contributed by atoms with Crippen molar-refractivity contribution in [2.24, 2.45) is 27.2 Å². The van der Waals surface area contributed by atoms with Crippen LogP contribution in [0.15, 0.2) is 9.98 Å². The molecule has 0 unspecified atom stereocenters. The number of hydrogen-bond acceptors (Lipinski definition) is 3. The highest BCUT2D eigenvalue weighted by molar-refractivity contribution is 5.96. The third kappa shape index (κ3) is 13.7. The van der Waals surface area contributed by atoms with E-state index in [9.17, 15) is 0 Å². The molecular weight excluding hydrogens is 168 g/mol.